The highest BCUT2D eigenvalue weighted by Gasteiger charge is 2.25. The van der Waals surface area contributed by atoms with E-state index in [1.54, 1.807) is 23.5 Å². The molecular formula is C8H13NO3S2. The number of rotatable bonds is 3. The van der Waals surface area contributed by atoms with Gasteiger partial charge in [0.1, 0.15) is 10.7 Å². The van der Waals surface area contributed by atoms with Crippen molar-refractivity contribution in [2.24, 2.45) is 0 Å². The molecule has 2 aliphatic rings. The van der Waals surface area contributed by atoms with Crippen LogP contribution in [0.3, 0.4) is 0 Å². The van der Waals surface area contributed by atoms with E-state index in [0.717, 1.165) is 24.5 Å². The summed E-state index contributed by atoms with van der Waals surface area (Å²) in [5, 5.41) is 0. The van der Waals surface area contributed by atoms with E-state index in [1.165, 1.54) is 0 Å². The Hall–Kier alpha value is 0.0900. The van der Waals surface area contributed by atoms with Crippen molar-refractivity contribution >= 4 is 29.4 Å². The van der Waals surface area contributed by atoms with E-state index >= 15 is 0 Å². The molecule has 14 heavy (non-hydrogen) atoms. The maximum Gasteiger partial charge on any atom is 0.266 e. The molecule has 0 aromatic heterocycles. The average Bonchev–Trinajstić information content (AvgIpc) is 2.87. The molecular weight excluding hydrogens is 222 g/mol. The Morgan fingerprint density at radius 2 is 2.21 bits per heavy atom. The molecule has 80 valence electrons. The number of carbonyl (C=O) groups is 1. The lowest BCUT2D eigenvalue weighted by atomic mass is 10.3. The van der Waals surface area contributed by atoms with Gasteiger partial charge in [-0.2, -0.15) is 0 Å². The number of carbonyl (C=O) groups excluding carboxylic acids is 1. The summed E-state index contributed by atoms with van der Waals surface area (Å²) in [5.74, 6) is 2.08. The summed E-state index contributed by atoms with van der Waals surface area (Å²) in [6.07, 6.45) is 0.904. The van der Waals surface area contributed by atoms with Gasteiger partial charge >= 0.3 is 0 Å². The molecule has 0 radical (unpaired) electrons. The van der Waals surface area contributed by atoms with Crippen molar-refractivity contribution in [1.82, 2.24) is 5.48 Å². The van der Waals surface area contributed by atoms with Crippen LogP contribution < -0.4 is 5.48 Å². The standard InChI is InChI=1S/C8H13NO3S2/c10-7(8-13-3-4-14-8)9-12-6-1-2-11-5-6/h6,8H,1-5H2,(H,9,10). The summed E-state index contributed by atoms with van der Waals surface area (Å²) >= 11 is 3.35. The monoisotopic (exact) mass is 235 g/mol. The Kier molecular flexibility index (Phi) is 3.98. The summed E-state index contributed by atoms with van der Waals surface area (Å²) in [7, 11) is 0. The molecule has 0 aliphatic carbocycles. The zero-order chi connectivity index (χ0) is 9.80. The third kappa shape index (κ3) is 2.79. The zero-order valence-corrected chi connectivity index (χ0v) is 9.36. The first-order chi connectivity index (χ1) is 6.86. The van der Waals surface area contributed by atoms with Crippen LogP contribution in [0.1, 0.15) is 6.42 Å². The molecule has 0 spiro atoms. The summed E-state index contributed by atoms with van der Waals surface area (Å²) in [5.41, 5.74) is 2.51. The van der Waals surface area contributed by atoms with Crippen LogP contribution in [0.25, 0.3) is 0 Å². The van der Waals surface area contributed by atoms with E-state index < -0.39 is 0 Å². The minimum Gasteiger partial charge on any atom is -0.379 e. The number of hydroxylamine groups is 1. The summed E-state index contributed by atoms with van der Waals surface area (Å²) in [6, 6.07) is 0. The van der Waals surface area contributed by atoms with E-state index in [4.69, 9.17) is 9.57 Å². The quantitative estimate of drug-likeness (QED) is 0.727. The minimum absolute atomic E-state index is 0.0114. The predicted octanol–water partition coefficient (Wildman–Crippen LogP) is 0.629. The van der Waals surface area contributed by atoms with Gasteiger partial charge in [0.2, 0.25) is 0 Å². The van der Waals surface area contributed by atoms with Gasteiger partial charge in [0.15, 0.2) is 0 Å². The predicted molar refractivity (Wildman–Crippen MR) is 57.2 cm³/mol. The number of amides is 1. The van der Waals surface area contributed by atoms with Crippen molar-refractivity contribution in [3.8, 4) is 0 Å². The zero-order valence-electron chi connectivity index (χ0n) is 7.73. The molecule has 1 N–H and O–H groups in total. The molecule has 0 aromatic rings. The summed E-state index contributed by atoms with van der Waals surface area (Å²) < 4.78 is 5.14. The lowest BCUT2D eigenvalue weighted by Gasteiger charge is -2.12. The minimum atomic E-state index is -0.0237. The number of ether oxygens (including phenoxy) is 1. The molecule has 1 unspecified atom stereocenters. The average molecular weight is 235 g/mol. The number of thioether (sulfide) groups is 2. The van der Waals surface area contributed by atoms with Gasteiger partial charge in [-0.3, -0.25) is 9.63 Å². The van der Waals surface area contributed by atoms with Crippen LogP contribution in [0.15, 0.2) is 0 Å². The molecule has 2 aliphatic heterocycles. The Morgan fingerprint density at radius 3 is 2.86 bits per heavy atom. The van der Waals surface area contributed by atoms with Gasteiger partial charge in [-0.25, -0.2) is 5.48 Å². The molecule has 2 rings (SSSR count). The molecule has 4 nitrogen and oxygen atoms in total. The maximum absolute atomic E-state index is 11.5. The van der Waals surface area contributed by atoms with Gasteiger partial charge in [-0.15, -0.1) is 23.5 Å². The van der Waals surface area contributed by atoms with Crippen LogP contribution in [0.5, 0.6) is 0 Å². The topological polar surface area (TPSA) is 47.6 Å². The molecule has 6 heteroatoms. The third-order valence-electron chi connectivity index (χ3n) is 2.05. The van der Waals surface area contributed by atoms with E-state index in [1.807, 2.05) is 0 Å². The van der Waals surface area contributed by atoms with Crippen LogP contribution in [0.4, 0.5) is 0 Å². The molecule has 2 saturated heterocycles. The second-order valence-corrected chi connectivity index (χ2v) is 5.87. The fourth-order valence-electron chi connectivity index (χ4n) is 1.31. The van der Waals surface area contributed by atoms with Gasteiger partial charge < -0.3 is 4.74 Å². The van der Waals surface area contributed by atoms with Crippen LogP contribution in [-0.2, 0) is 14.4 Å². The fraction of sp³-hybridized carbons (Fsp3) is 0.875. The van der Waals surface area contributed by atoms with Crippen molar-refractivity contribution < 1.29 is 14.4 Å². The lowest BCUT2D eigenvalue weighted by Crippen LogP contribution is -2.34. The number of hydrogen-bond donors (Lipinski definition) is 1. The summed E-state index contributed by atoms with van der Waals surface area (Å²) in [6.45, 7) is 1.32. The normalized spacial score (nSPS) is 28.1. The Labute approximate surface area is 91.4 Å². The van der Waals surface area contributed by atoms with Gasteiger partial charge in [0.25, 0.3) is 5.91 Å². The van der Waals surface area contributed by atoms with Crippen LogP contribution >= 0.6 is 23.5 Å². The smallest absolute Gasteiger partial charge is 0.266 e. The van der Waals surface area contributed by atoms with Crippen molar-refractivity contribution in [2.75, 3.05) is 24.7 Å². The van der Waals surface area contributed by atoms with Crippen molar-refractivity contribution in [3.05, 3.63) is 0 Å². The first-order valence-corrected chi connectivity index (χ1v) is 6.72. The van der Waals surface area contributed by atoms with Gasteiger partial charge in [-0.05, 0) is 0 Å². The van der Waals surface area contributed by atoms with Crippen LogP contribution in [0.2, 0.25) is 0 Å². The second kappa shape index (κ2) is 5.25. The number of nitrogens with one attached hydrogen (secondary N) is 1. The van der Waals surface area contributed by atoms with E-state index in [9.17, 15) is 4.79 Å². The Balaban J connectivity index is 1.66. The van der Waals surface area contributed by atoms with Crippen LogP contribution in [0, 0.1) is 0 Å². The first-order valence-electron chi connectivity index (χ1n) is 4.63. The summed E-state index contributed by atoms with van der Waals surface area (Å²) in [4.78, 5) is 16.7. The van der Waals surface area contributed by atoms with E-state index in [2.05, 4.69) is 5.48 Å². The highest BCUT2D eigenvalue weighted by molar-refractivity contribution is 8.21. The van der Waals surface area contributed by atoms with Crippen LogP contribution in [-0.4, -0.2) is 41.3 Å². The van der Waals surface area contributed by atoms with Crippen molar-refractivity contribution in [3.63, 3.8) is 0 Å². The van der Waals surface area contributed by atoms with E-state index in [0.29, 0.717) is 6.61 Å². The first kappa shape index (κ1) is 10.6. The second-order valence-electron chi connectivity index (χ2n) is 3.14. The highest BCUT2D eigenvalue weighted by atomic mass is 32.2. The number of hydrogen-bond acceptors (Lipinski definition) is 5. The molecule has 1 atom stereocenters. The van der Waals surface area contributed by atoms with Crippen molar-refractivity contribution in [2.45, 2.75) is 17.1 Å². The van der Waals surface area contributed by atoms with Gasteiger partial charge in [0, 0.05) is 24.5 Å². The molecule has 2 heterocycles. The maximum atomic E-state index is 11.5. The Bertz CT molecular complexity index is 203. The lowest BCUT2D eigenvalue weighted by molar-refractivity contribution is -0.136. The van der Waals surface area contributed by atoms with Gasteiger partial charge in [-0.1, -0.05) is 0 Å². The SMILES string of the molecule is O=C(NOC1CCOC1)C1SCCS1. The van der Waals surface area contributed by atoms with Gasteiger partial charge in [0.05, 0.1) is 6.61 Å². The van der Waals surface area contributed by atoms with E-state index in [-0.39, 0.29) is 16.6 Å². The molecule has 2 fully saturated rings. The highest BCUT2D eigenvalue weighted by Crippen LogP contribution is 2.31. The molecule has 0 aromatic carbocycles. The molecule has 1 amide bonds. The Morgan fingerprint density at radius 1 is 1.43 bits per heavy atom. The third-order valence-corrected chi connectivity index (χ3v) is 5.04. The van der Waals surface area contributed by atoms with Crippen molar-refractivity contribution in [1.29, 1.82) is 0 Å². The fourth-order valence-corrected chi connectivity index (χ4v) is 3.86. The molecule has 0 saturated carbocycles. The molecule has 0 bridgehead atoms. The largest absolute Gasteiger partial charge is 0.379 e.